The van der Waals surface area contributed by atoms with Gasteiger partial charge in [-0.05, 0) is 18.9 Å². The lowest BCUT2D eigenvalue weighted by Gasteiger charge is -2.30. The number of nitrogens with zero attached hydrogens (tertiary/aromatic N) is 3. The van der Waals surface area contributed by atoms with Gasteiger partial charge in [0.1, 0.15) is 0 Å². The van der Waals surface area contributed by atoms with Crippen molar-refractivity contribution in [2.24, 2.45) is 0 Å². The number of carbonyl (C=O) groups is 1. The van der Waals surface area contributed by atoms with Gasteiger partial charge in [-0.2, -0.15) is 0 Å². The van der Waals surface area contributed by atoms with Gasteiger partial charge in [0.05, 0.1) is 44.9 Å². The molecule has 0 unspecified atom stereocenters. The third-order valence-corrected chi connectivity index (χ3v) is 3.84. The second-order valence-electron chi connectivity index (χ2n) is 5.48. The Hall–Kier alpha value is -1.69. The summed E-state index contributed by atoms with van der Waals surface area (Å²) < 4.78 is 0. The van der Waals surface area contributed by atoms with Gasteiger partial charge < -0.3 is 19.7 Å². The van der Waals surface area contributed by atoms with Crippen LogP contribution in [0.2, 0.25) is 0 Å². The lowest BCUT2D eigenvalue weighted by molar-refractivity contribution is -0.880. The van der Waals surface area contributed by atoms with E-state index in [4.69, 9.17) is 0 Å². The molecule has 1 N–H and O–H groups in total. The van der Waals surface area contributed by atoms with Crippen LogP contribution in [0.15, 0.2) is 6.07 Å². The molecule has 1 aliphatic heterocycles. The van der Waals surface area contributed by atoms with Gasteiger partial charge in [0.2, 0.25) is 5.95 Å². The summed E-state index contributed by atoms with van der Waals surface area (Å²) in [5.41, 5.74) is 0.869. The summed E-state index contributed by atoms with van der Waals surface area (Å²) in [6, 6.07) is 1.57. The molecule has 1 aromatic heterocycles. The molecule has 0 spiro atoms. The number of carboxylic acids is 1. The van der Waals surface area contributed by atoms with Crippen LogP contribution in [-0.2, 0) is 0 Å². The largest absolute Gasteiger partial charge is 0.543 e. The van der Waals surface area contributed by atoms with E-state index in [2.05, 4.69) is 21.9 Å². The Morgan fingerprint density at radius 1 is 1.37 bits per heavy atom. The second-order valence-corrected chi connectivity index (χ2v) is 5.48. The molecule has 1 saturated carbocycles. The lowest BCUT2D eigenvalue weighted by Crippen LogP contribution is -3.12. The number of hydrogen-bond donors (Lipinski definition) is 1. The van der Waals surface area contributed by atoms with E-state index in [1.807, 2.05) is 0 Å². The van der Waals surface area contributed by atoms with Crippen molar-refractivity contribution in [1.29, 1.82) is 0 Å². The fourth-order valence-electron chi connectivity index (χ4n) is 2.38. The first-order valence-electron chi connectivity index (χ1n) is 6.80. The van der Waals surface area contributed by atoms with Gasteiger partial charge in [-0.15, -0.1) is 0 Å². The zero-order chi connectivity index (χ0) is 13.4. The Bertz CT molecular complexity index is 493. The highest BCUT2D eigenvalue weighted by atomic mass is 16.4. The minimum Gasteiger partial charge on any atom is -0.543 e. The normalized spacial score (nSPS) is 20.6. The van der Waals surface area contributed by atoms with Gasteiger partial charge in [-0.25, -0.2) is 9.97 Å². The molecule has 0 aromatic carbocycles. The Morgan fingerprint density at radius 2 is 2.05 bits per heavy atom. The summed E-state index contributed by atoms with van der Waals surface area (Å²) in [4.78, 5) is 23.3. The van der Waals surface area contributed by atoms with Crippen molar-refractivity contribution in [2.75, 3.05) is 38.1 Å². The van der Waals surface area contributed by atoms with Crippen LogP contribution in [0.3, 0.4) is 0 Å². The molecule has 1 saturated heterocycles. The van der Waals surface area contributed by atoms with Crippen molar-refractivity contribution in [2.45, 2.75) is 18.8 Å². The number of aromatic nitrogens is 2. The van der Waals surface area contributed by atoms with E-state index in [1.54, 1.807) is 6.07 Å². The zero-order valence-electron chi connectivity index (χ0n) is 11.1. The number of carboxylic acid groups (broad SMARTS) is 1. The monoisotopic (exact) mass is 262 g/mol. The highest BCUT2D eigenvalue weighted by Crippen LogP contribution is 2.39. The van der Waals surface area contributed by atoms with Gasteiger partial charge in [0.15, 0.2) is 0 Å². The lowest BCUT2D eigenvalue weighted by atomic mass is 10.2. The first kappa shape index (κ1) is 12.3. The quantitative estimate of drug-likeness (QED) is 0.685. The summed E-state index contributed by atoms with van der Waals surface area (Å²) in [6.45, 7) is 3.79. The fourth-order valence-corrected chi connectivity index (χ4v) is 2.38. The van der Waals surface area contributed by atoms with Crippen LogP contribution in [0.4, 0.5) is 5.95 Å². The SMILES string of the molecule is C[NH+]1CCN(c2nc(C(=O)[O-])cc(C3CC3)n2)CC1. The molecule has 6 heteroatoms. The van der Waals surface area contributed by atoms with Crippen LogP contribution in [0.5, 0.6) is 0 Å². The predicted octanol–water partition coefficient (Wildman–Crippen LogP) is -1.95. The van der Waals surface area contributed by atoms with Crippen molar-refractivity contribution >= 4 is 11.9 Å². The van der Waals surface area contributed by atoms with Crippen molar-refractivity contribution in [1.82, 2.24) is 9.97 Å². The average Bonchev–Trinajstić information content (AvgIpc) is 3.23. The highest BCUT2D eigenvalue weighted by Gasteiger charge is 2.28. The molecule has 2 aliphatic rings. The third-order valence-electron chi connectivity index (χ3n) is 3.84. The van der Waals surface area contributed by atoms with Crippen LogP contribution in [-0.4, -0.2) is 49.2 Å². The number of aromatic carboxylic acids is 1. The maximum absolute atomic E-state index is 11.1. The van der Waals surface area contributed by atoms with E-state index >= 15 is 0 Å². The molecule has 3 rings (SSSR count). The van der Waals surface area contributed by atoms with Crippen LogP contribution in [0, 0.1) is 0 Å². The van der Waals surface area contributed by atoms with Gasteiger partial charge in [0.25, 0.3) is 0 Å². The maximum Gasteiger partial charge on any atom is 0.226 e. The van der Waals surface area contributed by atoms with E-state index in [0.717, 1.165) is 44.7 Å². The van der Waals surface area contributed by atoms with Gasteiger partial charge in [-0.1, -0.05) is 0 Å². The summed E-state index contributed by atoms with van der Waals surface area (Å²) in [5, 5.41) is 11.1. The smallest absolute Gasteiger partial charge is 0.226 e. The van der Waals surface area contributed by atoms with Gasteiger partial charge in [-0.3, -0.25) is 0 Å². The van der Waals surface area contributed by atoms with Gasteiger partial charge in [0, 0.05) is 11.6 Å². The molecule has 2 heterocycles. The van der Waals surface area contributed by atoms with Crippen molar-refractivity contribution in [3.63, 3.8) is 0 Å². The number of anilines is 1. The van der Waals surface area contributed by atoms with Crippen molar-refractivity contribution in [3.05, 3.63) is 17.5 Å². The summed E-state index contributed by atoms with van der Waals surface area (Å²) in [5.74, 6) is -0.251. The Labute approximate surface area is 112 Å². The molecule has 0 bridgehead atoms. The van der Waals surface area contributed by atoms with E-state index in [0.29, 0.717) is 11.9 Å². The molecular weight excluding hydrogens is 244 g/mol. The number of rotatable bonds is 3. The standard InChI is InChI=1S/C13H18N4O2/c1-16-4-6-17(7-5-16)13-14-10(9-2-3-9)8-11(15-13)12(18)19/h8-9H,2-7H2,1H3,(H,18,19). The zero-order valence-corrected chi connectivity index (χ0v) is 11.1. The molecular formula is C13H18N4O2. The Morgan fingerprint density at radius 3 is 2.63 bits per heavy atom. The summed E-state index contributed by atoms with van der Waals surface area (Å²) in [7, 11) is 2.16. The van der Waals surface area contributed by atoms with Crippen molar-refractivity contribution in [3.8, 4) is 0 Å². The molecule has 1 aliphatic carbocycles. The second kappa shape index (κ2) is 4.77. The van der Waals surface area contributed by atoms with Crippen LogP contribution in [0.1, 0.15) is 34.9 Å². The highest BCUT2D eigenvalue weighted by molar-refractivity contribution is 5.83. The van der Waals surface area contributed by atoms with E-state index in [9.17, 15) is 9.90 Å². The molecule has 0 amide bonds. The van der Waals surface area contributed by atoms with Crippen molar-refractivity contribution < 1.29 is 14.8 Å². The summed E-state index contributed by atoms with van der Waals surface area (Å²) in [6.07, 6.45) is 2.19. The minimum atomic E-state index is -1.22. The molecule has 6 nitrogen and oxygen atoms in total. The van der Waals surface area contributed by atoms with E-state index in [-0.39, 0.29) is 5.69 Å². The number of nitrogens with one attached hydrogen (secondary N) is 1. The number of piperazine rings is 1. The molecule has 0 atom stereocenters. The van der Waals surface area contributed by atoms with Crippen LogP contribution >= 0.6 is 0 Å². The number of carbonyl (C=O) groups excluding carboxylic acids is 1. The number of likely N-dealkylation sites (N-methyl/N-ethyl adjacent to an activating group) is 1. The summed E-state index contributed by atoms with van der Waals surface area (Å²) >= 11 is 0. The fraction of sp³-hybridized carbons (Fsp3) is 0.615. The average molecular weight is 262 g/mol. The minimum absolute atomic E-state index is 0.0122. The van der Waals surface area contributed by atoms with E-state index < -0.39 is 5.97 Å². The molecule has 0 radical (unpaired) electrons. The van der Waals surface area contributed by atoms with Gasteiger partial charge >= 0.3 is 0 Å². The number of quaternary nitrogens is 1. The third kappa shape index (κ3) is 2.68. The topological polar surface area (TPSA) is 73.6 Å². The first-order valence-corrected chi connectivity index (χ1v) is 6.80. The van der Waals surface area contributed by atoms with Crippen LogP contribution < -0.4 is 14.9 Å². The maximum atomic E-state index is 11.1. The molecule has 19 heavy (non-hydrogen) atoms. The number of hydrogen-bond acceptors (Lipinski definition) is 5. The Balaban J connectivity index is 1.89. The van der Waals surface area contributed by atoms with E-state index in [1.165, 1.54) is 4.90 Å². The Kier molecular flexibility index (Phi) is 3.10. The molecule has 102 valence electrons. The van der Waals surface area contributed by atoms with Crippen LogP contribution in [0.25, 0.3) is 0 Å². The first-order chi connectivity index (χ1) is 9.13. The predicted molar refractivity (Wildman–Crippen MR) is 67.2 cm³/mol. The molecule has 2 fully saturated rings. The molecule has 1 aromatic rings.